The Kier molecular flexibility index (Phi) is 3.30. The molecule has 2 rings (SSSR count). The van der Waals surface area contributed by atoms with Gasteiger partial charge in [0.25, 0.3) is 0 Å². The van der Waals surface area contributed by atoms with Gasteiger partial charge in [-0.25, -0.2) is 13.6 Å². The first-order valence-corrected chi connectivity index (χ1v) is 6.71. The van der Waals surface area contributed by atoms with Gasteiger partial charge in [0.15, 0.2) is 5.82 Å². The number of hydrogen-bond donors (Lipinski definition) is 2. The number of primary sulfonamides is 1. The third kappa shape index (κ3) is 2.66. The van der Waals surface area contributed by atoms with Crippen LogP contribution in [0.4, 0.5) is 5.69 Å². The van der Waals surface area contributed by atoms with Gasteiger partial charge in [0.2, 0.25) is 10.0 Å². The lowest BCUT2D eigenvalue weighted by Gasteiger charge is -2.09. The van der Waals surface area contributed by atoms with Crippen molar-refractivity contribution < 1.29 is 8.42 Å². The normalized spacial score (nSPS) is 11.4. The highest BCUT2D eigenvalue weighted by atomic mass is 32.2. The van der Waals surface area contributed by atoms with Crippen molar-refractivity contribution in [3.05, 3.63) is 36.4 Å². The number of aryl methyl sites for hydroxylation is 1. The van der Waals surface area contributed by atoms with E-state index in [4.69, 9.17) is 5.14 Å². The third-order valence-corrected chi connectivity index (χ3v) is 3.40. The van der Waals surface area contributed by atoms with Crippen molar-refractivity contribution in [2.75, 3.05) is 5.32 Å². The second-order valence-corrected chi connectivity index (χ2v) is 5.28. The van der Waals surface area contributed by atoms with Gasteiger partial charge in [-0.05, 0) is 12.1 Å². The molecule has 18 heavy (non-hydrogen) atoms. The fourth-order valence-corrected chi connectivity index (χ4v) is 2.22. The summed E-state index contributed by atoms with van der Waals surface area (Å²) in [6.45, 7) is 0.364. The van der Waals surface area contributed by atoms with E-state index in [9.17, 15) is 8.42 Å². The summed E-state index contributed by atoms with van der Waals surface area (Å²) in [4.78, 5) is 0.0622. The average Bonchev–Trinajstić information content (AvgIpc) is 2.71. The maximum absolute atomic E-state index is 11.4. The summed E-state index contributed by atoms with van der Waals surface area (Å²) in [5, 5.41) is 15.7. The smallest absolute Gasteiger partial charge is 0.240 e. The molecule has 0 aliphatic rings. The molecule has 2 aromatic rings. The molecule has 0 aliphatic carbocycles. The summed E-state index contributed by atoms with van der Waals surface area (Å²) in [6, 6.07) is 6.45. The number of benzene rings is 1. The van der Waals surface area contributed by atoms with E-state index in [-0.39, 0.29) is 4.90 Å². The largest absolute Gasteiger partial charge is 0.377 e. The maximum atomic E-state index is 11.4. The average molecular weight is 267 g/mol. The standard InChI is InChI=1S/C10H13N5O2S/c1-15-7-13-14-10(15)6-12-8-4-2-3-5-9(8)18(11,16)17/h2-5,7,12H,6H2,1H3,(H2,11,16,17). The molecule has 8 heteroatoms. The van der Waals surface area contributed by atoms with Crippen LogP contribution in [0.15, 0.2) is 35.5 Å². The molecule has 1 aromatic heterocycles. The van der Waals surface area contributed by atoms with Crippen LogP contribution in [0.1, 0.15) is 5.82 Å². The minimum absolute atomic E-state index is 0.0622. The summed E-state index contributed by atoms with van der Waals surface area (Å²) in [6.07, 6.45) is 1.57. The van der Waals surface area contributed by atoms with Crippen LogP contribution in [0.5, 0.6) is 0 Å². The van der Waals surface area contributed by atoms with E-state index < -0.39 is 10.0 Å². The van der Waals surface area contributed by atoms with Crippen LogP contribution in [0.3, 0.4) is 0 Å². The topological polar surface area (TPSA) is 103 Å². The van der Waals surface area contributed by atoms with Gasteiger partial charge in [0, 0.05) is 7.05 Å². The van der Waals surface area contributed by atoms with Crippen molar-refractivity contribution in [2.45, 2.75) is 11.4 Å². The Bertz CT molecular complexity index is 650. The van der Waals surface area contributed by atoms with Crippen molar-refractivity contribution in [1.82, 2.24) is 14.8 Å². The molecule has 0 unspecified atom stereocenters. The molecule has 0 saturated heterocycles. The summed E-state index contributed by atoms with van der Waals surface area (Å²) < 4.78 is 24.5. The number of nitrogens with one attached hydrogen (secondary N) is 1. The molecule has 0 aliphatic heterocycles. The van der Waals surface area contributed by atoms with Crippen molar-refractivity contribution in [2.24, 2.45) is 12.2 Å². The number of anilines is 1. The van der Waals surface area contributed by atoms with Crippen LogP contribution in [0, 0.1) is 0 Å². The Morgan fingerprint density at radius 1 is 1.39 bits per heavy atom. The SMILES string of the molecule is Cn1cnnc1CNc1ccccc1S(N)(=O)=O. The zero-order chi connectivity index (χ0) is 13.2. The first-order chi connectivity index (χ1) is 8.48. The van der Waals surface area contributed by atoms with Gasteiger partial charge in [-0.1, -0.05) is 12.1 Å². The second kappa shape index (κ2) is 4.75. The number of rotatable bonds is 4. The number of para-hydroxylation sites is 1. The minimum Gasteiger partial charge on any atom is -0.377 e. The van der Waals surface area contributed by atoms with E-state index in [1.54, 1.807) is 29.1 Å². The number of sulfonamides is 1. The zero-order valence-corrected chi connectivity index (χ0v) is 10.6. The molecule has 0 amide bonds. The lowest BCUT2D eigenvalue weighted by molar-refractivity contribution is 0.598. The number of nitrogens with zero attached hydrogens (tertiary/aromatic N) is 3. The molecule has 0 fully saturated rings. The van der Waals surface area contributed by atoms with Crippen molar-refractivity contribution >= 4 is 15.7 Å². The predicted molar refractivity (Wildman–Crippen MR) is 66.1 cm³/mol. The molecule has 0 radical (unpaired) electrons. The van der Waals surface area contributed by atoms with Gasteiger partial charge in [-0.3, -0.25) is 0 Å². The zero-order valence-electron chi connectivity index (χ0n) is 9.74. The van der Waals surface area contributed by atoms with Gasteiger partial charge in [0.1, 0.15) is 11.2 Å². The highest BCUT2D eigenvalue weighted by Gasteiger charge is 2.13. The Hall–Kier alpha value is -1.93. The van der Waals surface area contributed by atoms with Crippen molar-refractivity contribution in [3.63, 3.8) is 0 Å². The van der Waals surface area contributed by atoms with E-state index in [2.05, 4.69) is 15.5 Å². The number of hydrogen-bond acceptors (Lipinski definition) is 5. The molecular formula is C10H13N5O2S. The molecular weight excluding hydrogens is 254 g/mol. The Labute approximate surface area is 105 Å². The van der Waals surface area contributed by atoms with Crippen LogP contribution in [-0.2, 0) is 23.6 Å². The maximum Gasteiger partial charge on any atom is 0.240 e. The highest BCUT2D eigenvalue weighted by Crippen LogP contribution is 2.19. The number of aromatic nitrogens is 3. The lowest BCUT2D eigenvalue weighted by atomic mass is 10.3. The molecule has 1 heterocycles. The van der Waals surface area contributed by atoms with Gasteiger partial charge in [-0.15, -0.1) is 10.2 Å². The van der Waals surface area contributed by atoms with Gasteiger partial charge in [0.05, 0.1) is 12.2 Å². The molecule has 0 saturated carbocycles. The summed E-state index contributed by atoms with van der Waals surface area (Å²) in [7, 11) is -1.93. The monoisotopic (exact) mass is 267 g/mol. The Morgan fingerprint density at radius 3 is 2.72 bits per heavy atom. The van der Waals surface area contributed by atoms with E-state index in [1.165, 1.54) is 6.07 Å². The summed E-state index contributed by atoms with van der Waals surface area (Å²) in [5.41, 5.74) is 0.447. The van der Waals surface area contributed by atoms with Crippen LogP contribution >= 0.6 is 0 Å². The van der Waals surface area contributed by atoms with Crippen molar-refractivity contribution in [1.29, 1.82) is 0 Å². The fourth-order valence-electron chi connectivity index (χ4n) is 1.50. The van der Waals surface area contributed by atoms with Crippen LogP contribution < -0.4 is 10.5 Å². The number of nitrogens with two attached hydrogens (primary N) is 1. The van der Waals surface area contributed by atoms with Crippen molar-refractivity contribution in [3.8, 4) is 0 Å². The molecule has 1 aromatic carbocycles. The van der Waals surface area contributed by atoms with Gasteiger partial charge in [-0.2, -0.15) is 0 Å². The first kappa shape index (κ1) is 12.5. The predicted octanol–water partition coefficient (Wildman–Crippen LogP) is 0.0746. The van der Waals surface area contributed by atoms with Crippen LogP contribution in [0.25, 0.3) is 0 Å². The Balaban J connectivity index is 2.23. The van der Waals surface area contributed by atoms with Crippen LogP contribution in [0.2, 0.25) is 0 Å². The summed E-state index contributed by atoms with van der Waals surface area (Å²) in [5.74, 6) is 0.694. The van der Waals surface area contributed by atoms with Gasteiger partial charge < -0.3 is 9.88 Å². The fraction of sp³-hybridized carbons (Fsp3) is 0.200. The molecule has 0 spiro atoms. The molecule has 0 atom stereocenters. The van der Waals surface area contributed by atoms with E-state index >= 15 is 0 Å². The third-order valence-electron chi connectivity index (χ3n) is 2.44. The highest BCUT2D eigenvalue weighted by molar-refractivity contribution is 7.89. The quantitative estimate of drug-likeness (QED) is 0.816. The van der Waals surface area contributed by atoms with Crippen LogP contribution in [-0.4, -0.2) is 23.2 Å². The van der Waals surface area contributed by atoms with E-state index in [0.29, 0.717) is 18.1 Å². The molecule has 0 bridgehead atoms. The molecule has 3 N–H and O–H groups in total. The lowest BCUT2D eigenvalue weighted by Crippen LogP contribution is -2.15. The second-order valence-electron chi connectivity index (χ2n) is 3.75. The summed E-state index contributed by atoms with van der Waals surface area (Å²) >= 11 is 0. The molecule has 7 nitrogen and oxygen atoms in total. The first-order valence-electron chi connectivity index (χ1n) is 5.17. The minimum atomic E-state index is -3.74. The van der Waals surface area contributed by atoms with E-state index in [1.807, 2.05) is 7.05 Å². The Morgan fingerprint density at radius 2 is 2.11 bits per heavy atom. The van der Waals surface area contributed by atoms with Gasteiger partial charge >= 0.3 is 0 Å². The van der Waals surface area contributed by atoms with E-state index in [0.717, 1.165) is 0 Å². The molecule has 96 valence electrons.